The quantitative estimate of drug-likeness (QED) is 0.501. The summed E-state index contributed by atoms with van der Waals surface area (Å²) in [5, 5.41) is 13.6. The van der Waals surface area contributed by atoms with Crippen LogP contribution in [-0.4, -0.2) is 53.2 Å². The molecule has 1 aliphatic rings. The molecular weight excluding hydrogens is 393 g/mol. The van der Waals surface area contributed by atoms with Gasteiger partial charge in [-0.05, 0) is 12.8 Å². The molecule has 1 aliphatic carbocycles. The van der Waals surface area contributed by atoms with Crippen LogP contribution in [0.1, 0.15) is 32.1 Å². The maximum absolute atomic E-state index is 11.9. The Bertz CT molecular complexity index is 607. The first-order chi connectivity index (χ1) is 12.3. The van der Waals surface area contributed by atoms with Crippen LogP contribution < -0.4 is 10.6 Å². The molecule has 0 aliphatic heterocycles. The summed E-state index contributed by atoms with van der Waals surface area (Å²) in [7, 11) is 0. The summed E-state index contributed by atoms with van der Waals surface area (Å²) in [5.74, 6) is -1.82. The summed E-state index contributed by atoms with van der Waals surface area (Å²) >= 11 is 2.42. The second kappa shape index (κ2) is 9.95. The van der Waals surface area contributed by atoms with Crippen LogP contribution in [0, 0.1) is 0 Å². The van der Waals surface area contributed by atoms with Gasteiger partial charge in [0, 0.05) is 6.04 Å². The molecule has 2 rings (SSSR count). The van der Waals surface area contributed by atoms with Crippen LogP contribution in [-0.2, 0) is 14.3 Å². The van der Waals surface area contributed by atoms with Crippen LogP contribution >= 0.6 is 23.1 Å². The zero-order valence-corrected chi connectivity index (χ0v) is 15.4. The van der Waals surface area contributed by atoms with E-state index in [0.29, 0.717) is 15.5 Å². The van der Waals surface area contributed by atoms with E-state index >= 15 is 0 Å². The smallest absolute Gasteiger partial charge is 0.405 e. The van der Waals surface area contributed by atoms with Gasteiger partial charge in [-0.3, -0.25) is 9.59 Å². The summed E-state index contributed by atoms with van der Waals surface area (Å²) in [6.07, 6.45) is 1.35. The van der Waals surface area contributed by atoms with Gasteiger partial charge in [0.25, 0.3) is 5.91 Å². The second-order valence-corrected chi connectivity index (χ2v) is 7.89. The number of thioether (sulfide) groups is 1. The van der Waals surface area contributed by atoms with Gasteiger partial charge in [0.1, 0.15) is 6.54 Å². The average Bonchev–Trinajstić information content (AvgIpc) is 3.04. The predicted molar refractivity (Wildman–Crippen MR) is 91.2 cm³/mol. The maximum Gasteiger partial charge on any atom is 0.405 e. The van der Waals surface area contributed by atoms with Crippen molar-refractivity contribution >= 4 is 40.1 Å². The third-order valence-electron chi connectivity index (χ3n) is 3.50. The van der Waals surface area contributed by atoms with Crippen LogP contribution in [0.2, 0.25) is 0 Å². The topological polar surface area (TPSA) is 93.2 Å². The van der Waals surface area contributed by atoms with Crippen LogP contribution in [0.3, 0.4) is 0 Å². The number of aromatic nitrogens is 2. The Morgan fingerprint density at radius 1 is 1.23 bits per heavy atom. The van der Waals surface area contributed by atoms with E-state index in [4.69, 9.17) is 0 Å². The van der Waals surface area contributed by atoms with Gasteiger partial charge < -0.3 is 15.4 Å². The molecule has 1 saturated carbocycles. The van der Waals surface area contributed by atoms with Crippen molar-refractivity contribution in [3.05, 3.63) is 0 Å². The zero-order chi connectivity index (χ0) is 19.0. The van der Waals surface area contributed by atoms with E-state index in [9.17, 15) is 22.8 Å². The SMILES string of the molecule is O=C(COC(=O)CSc1nnc(NC2CCCCC2)s1)NCC(F)(F)F. The van der Waals surface area contributed by atoms with Gasteiger partial charge in [0.15, 0.2) is 10.9 Å². The Hall–Kier alpha value is -1.56. The highest BCUT2D eigenvalue weighted by Gasteiger charge is 2.27. The van der Waals surface area contributed by atoms with E-state index in [-0.39, 0.29) is 5.75 Å². The third-order valence-corrected chi connectivity index (χ3v) is 5.46. The van der Waals surface area contributed by atoms with Crippen molar-refractivity contribution in [2.75, 3.05) is 24.2 Å². The highest BCUT2D eigenvalue weighted by Crippen LogP contribution is 2.28. The molecule has 7 nitrogen and oxygen atoms in total. The first-order valence-electron chi connectivity index (χ1n) is 8.04. The molecule has 0 saturated heterocycles. The number of hydrogen-bond donors (Lipinski definition) is 2. The molecule has 1 aromatic rings. The molecule has 1 amide bonds. The van der Waals surface area contributed by atoms with Crippen molar-refractivity contribution in [2.24, 2.45) is 0 Å². The number of nitrogens with zero attached hydrogens (tertiary/aromatic N) is 2. The summed E-state index contributed by atoms with van der Waals surface area (Å²) < 4.78 is 41.0. The Labute approximate surface area is 156 Å². The number of nitrogens with one attached hydrogen (secondary N) is 2. The number of alkyl halides is 3. The lowest BCUT2D eigenvalue weighted by molar-refractivity contribution is -0.149. The van der Waals surface area contributed by atoms with E-state index in [1.54, 1.807) is 5.32 Å². The Balaban J connectivity index is 1.63. The maximum atomic E-state index is 11.9. The molecule has 0 bridgehead atoms. The lowest BCUT2D eigenvalue weighted by atomic mass is 9.96. The Morgan fingerprint density at radius 2 is 1.96 bits per heavy atom. The van der Waals surface area contributed by atoms with Crippen molar-refractivity contribution in [2.45, 2.75) is 48.7 Å². The minimum absolute atomic E-state index is 0.107. The number of halogens is 3. The van der Waals surface area contributed by atoms with Gasteiger partial charge in [-0.15, -0.1) is 10.2 Å². The zero-order valence-electron chi connectivity index (χ0n) is 13.8. The first kappa shape index (κ1) is 20.7. The molecule has 146 valence electrons. The molecule has 0 spiro atoms. The van der Waals surface area contributed by atoms with Crippen molar-refractivity contribution in [3.63, 3.8) is 0 Å². The van der Waals surface area contributed by atoms with Gasteiger partial charge in [-0.25, -0.2) is 0 Å². The molecule has 0 atom stereocenters. The number of rotatable bonds is 8. The van der Waals surface area contributed by atoms with E-state index in [1.807, 2.05) is 0 Å². The number of ether oxygens (including phenoxy) is 1. The summed E-state index contributed by atoms with van der Waals surface area (Å²) in [5.41, 5.74) is 0. The lowest BCUT2D eigenvalue weighted by Gasteiger charge is -2.21. The molecule has 12 heteroatoms. The van der Waals surface area contributed by atoms with Gasteiger partial charge in [-0.1, -0.05) is 42.4 Å². The van der Waals surface area contributed by atoms with Gasteiger partial charge in [-0.2, -0.15) is 13.2 Å². The lowest BCUT2D eigenvalue weighted by Crippen LogP contribution is -2.36. The molecule has 26 heavy (non-hydrogen) atoms. The van der Waals surface area contributed by atoms with Crippen molar-refractivity contribution in [3.8, 4) is 0 Å². The van der Waals surface area contributed by atoms with Crippen molar-refractivity contribution in [1.29, 1.82) is 0 Å². The number of esters is 1. The first-order valence-corrected chi connectivity index (χ1v) is 9.84. The molecule has 2 N–H and O–H groups in total. The summed E-state index contributed by atoms with van der Waals surface area (Å²) in [6, 6.07) is 0.398. The summed E-state index contributed by atoms with van der Waals surface area (Å²) in [4.78, 5) is 22.7. The number of carbonyl (C=O) groups is 2. The van der Waals surface area contributed by atoms with E-state index < -0.39 is 31.2 Å². The van der Waals surface area contributed by atoms with Crippen LogP contribution in [0.5, 0.6) is 0 Å². The third kappa shape index (κ3) is 8.21. The van der Waals surface area contributed by atoms with Crippen molar-refractivity contribution in [1.82, 2.24) is 15.5 Å². The number of carbonyl (C=O) groups excluding carboxylic acids is 2. The fourth-order valence-corrected chi connectivity index (χ4v) is 3.93. The normalized spacial score (nSPS) is 15.5. The van der Waals surface area contributed by atoms with Gasteiger partial charge >= 0.3 is 12.1 Å². The van der Waals surface area contributed by atoms with E-state index in [2.05, 4.69) is 20.3 Å². The van der Waals surface area contributed by atoms with E-state index in [1.165, 1.54) is 30.6 Å². The highest BCUT2D eigenvalue weighted by molar-refractivity contribution is 8.01. The fraction of sp³-hybridized carbons (Fsp3) is 0.714. The van der Waals surface area contributed by atoms with Gasteiger partial charge in [0.05, 0.1) is 5.75 Å². The molecular formula is C14H19F3N4O3S2. The Kier molecular flexibility index (Phi) is 7.94. The van der Waals surface area contributed by atoms with Crippen LogP contribution in [0.4, 0.5) is 18.3 Å². The predicted octanol–water partition coefficient (Wildman–Crippen LogP) is 2.60. The molecule has 1 aromatic heterocycles. The molecule has 1 heterocycles. The standard InChI is InChI=1S/C14H19F3N4O3S2/c15-14(16,17)8-18-10(22)6-24-11(23)7-25-13-21-20-12(26-13)19-9-4-2-1-3-5-9/h9H,1-8H2,(H,18,22)(H,19,20). The fourth-order valence-electron chi connectivity index (χ4n) is 2.31. The minimum Gasteiger partial charge on any atom is -0.455 e. The average molecular weight is 412 g/mol. The monoisotopic (exact) mass is 412 g/mol. The summed E-state index contributed by atoms with van der Waals surface area (Å²) in [6.45, 7) is -2.21. The number of hydrogen-bond acceptors (Lipinski definition) is 8. The Morgan fingerprint density at radius 3 is 2.65 bits per heavy atom. The number of amides is 1. The van der Waals surface area contributed by atoms with Crippen LogP contribution in [0.25, 0.3) is 0 Å². The highest BCUT2D eigenvalue weighted by atomic mass is 32.2. The van der Waals surface area contributed by atoms with Crippen LogP contribution in [0.15, 0.2) is 4.34 Å². The van der Waals surface area contributed by atoms with Crippen molar-refractivity contribution < 1.29 is 27.5 Å². The molecule has 0 radical (unpaired) electrons. The van der Waals surface area contributed by atoms with Gasteiger partial charge in [0.2, 0.25) is 5.13 Å². The largest absolute Gasteiger partial charge is 0.455 e. The number of anilines is 1. The second-order valence-electron chi connectivity index (χ2n) is 5.69. The molecule has 1 fully saturated rings. The van der Waals surface area contributed by atoms with E-state index in [0.717, 1.165) is 24.6 Å². The molecule has 0 unspecified atom stereocenters. The molecule has 0 aromatic carbocycles. The minimum atomic E-state index is -4.50.